The Labute approximate surface area is 181 Å². The Morgan fingerprint density at radius 2 is 1.94 bits per heavy atom. The number of carbonyl (C=O) groups is 1. The first-order chi connectivity index (χ1) is 15.1. The van der Waals surface area contributed by atoms with Gasteiger partial charge in [-0.2, -0.15) is 10.2 Å². The molecule has 1 aromatic carbocycles. The molecule has 160 valence electrons. The summed E-state index contributed by atoms with van der Waals surface area (Å²) >= 11 is 0. The van der Waals surface area contributed by atoms with Crippen LogP contribution >= 0.6 is 0 Å². The molecular formula is C24H28N6O. The summed E-state index contributed by atoms with van der Waals surface area (Å²) in [6.07, 6.45) is 13.6. The minimum absolute atomic E-state index is 0.0475. The fourth-order valence-electron chi connectivity index (χ4n) is 7.10. The molecular weight excluding hydrogens is 388 g/mol. The second-order valence-corrected chi connectivity index (χ2v) is 10.0. The highest BCUT2D eigenvalue weighted by Crippen LogP contribution is 2.64. The first-order valence-corrected chi connectivity index (χ1v) is 11.3. The number of benzene rings is 1. The van der Waals surface area contributed by atoms with Crippen LogP contribution in [0.15, 0.2) is 55.4 Å². The summed E-state index contributed by atoms with van der Waals surface area (Å²) in [5.41, 5.74) is 1.74. The topological polar surface area (TPSA) is 77.6 Å². The van der Waals surface area contributed by atoms with Gasteiger partial charge in [0.1, 0.15) is 12.7 Å². The number of para-hydroxylation sites is 1. The number of nitrogens with zero attached hydrogens (tertiary/aromatic N) is 5. The molecule has 3 aromatic rings. The van der Waals surface area contributed by atoms with Crippen LogP contribution in [0.2, 0.25) is 0 Å². The van der Waals surface area contributed by atoms with Crippen LogP contribution in [0, 0.1) is 17.3 Å². The van der Waals surface area contributed by atoms with Gasteiger partial charge in [0, 0.05) is 12.4 Å². The largest absolute Gasteiger partial charge is 0.349 e. The number of hydrogen-bond acceptors (Lipinski definition) is 4. The molecule has 1 N–H and O–H groups in total. The van der Waals surface area contributed by atoms with Crippen molar-refractivity contribution in [2.24, 2.45) is 17.3 Å². The van der Waals surface area contributed by atoms with Crippen LogP contribution in [0.3, 0.4) is 0 Å². The highest BCUT2D eigenvalue weighted by atomic mass is 16.2. The molecule has 4 aliphatic carbocycles. The van der Waals surface area contributed by atoms with Crippen molar-refractivity contribution in [3.8, 4) is 5.69 Å². The standard InChI is InChI=1S/C24H28N6O/c1-17(20-5-2-3-6-21(20)29-8-4-7-26-29)28-22(31)23-10-18-9-19(11-23)13-24(12-18,14-23)30-16-25-15-27-30/h2-8,15-19H,9-14H2,1H3,(H,28,31). The van der Waals surface area contributed by atoms with E-state index in [-0.39, 0.29) is 22.9 Å². The van der Waals surface area contributed by atoms with Gasteiger partial charge in [0.15, 0.2) is 0 Å². The average Bonchev–Trinajstić information content (AvgIpc) is 3.47. The molecule has 7 nitrogen and oxygen atoms in total. The summed E-state index contributed by atoms with van der Waals surface area (Å²) in [5, 5.41) is 12.3. The zero-order chi connectivity index (χ0) is 21.1. The van der Waals surface area contributed by atoms with E-state index in [1.54, 1.807) is 12.5 Å². The van der Waals surface area contributed by atoms with Crippen molar-refractivity contribution in [3.63, 3.8) is 0 Å². The summed E-state index contributed by atoms with van der Waals surface area (Å²) < 4.78 is 3.92. The zero-order valence-electron chi connectivity index (χ0n) is 17.8. The van der Waals surface area contributed by atoms with E-state index in [4.69, 9.17) is 0 Å². The van der Waals surface area contributed by atoms with Crippen LogP contribution in [0.25, 0.3) is 5.69 Å². The number of carbonyl (C=O) groups excluding carboxylic acids is 1. The normalized spacial score (nSPS) is 32.2. The van der Waals surface area contributed by atoms with Gasteiger partial charge < -0.3 is 5.32 Å². The molecule has 7 rings (SSSR count). The molecule has 2 aromatic heterocycles. The maximum absolute atomic E-state index is 13.8. The molecule has 1 amide bonds. The second kappa shape index (κ2) is 6.77. The first kappa shape index (κ1) is 18.8. The number of aromatic nitrogens is 5. The van der Waals surface area contributed by atoms with Crippen molar-refractivity contribution in [2.75, 3.05) is 0 Å². The highest BCUT2D eigenvalue weighted by molar-refractivity contribution is 5.84. The van der Waals surface area contributed by atoms with Crippen molar-refractivity contribution in [1.29, 1.82) is 0 Å². The summed E-state index contributed by atoms with van der Waals surface area (Å²) in [4.78, 5) is 18.0. The lowest BCUT2D eigenvalue weighted by Gasteiger charge is -2.61. The third kappa shape index (κ3) is 2.93. The van der Waals surface area contributed by atoms with Gasteiger partial charge in [-0.1, -0.05) is 18.2 Å². The SMILES string of the molecule is CC(NC(=O)C12CC3CC(C1)CC(n1cncn1)(C3)C2)c1ccccc1-n1cccn1. The molecule has 0 aliphatic heterocycles. The Balaban J connectivity index is 1.29. The lowest BCUT2D eigenvalue weighted by Crippen LogP contribution is -2.61. The average molecular weight is 417 g/mol. The Hall–Kier alpha value is -2.96. The predicted octanol–water partition coefficient (Wildman–Crippen LogP) is 3.64. The number of hydrogen-bond donors (Lipinski definition) is 1. The van der Waals surface area contributed by atoms with E-state index < -0.39 is 0 Å². The molecule has 7 heteroatoms. The minimum Gasteiger partial charge on any atom is -0.349 e. The van der Waals surface area contributed by atoms with Crippen molar-refractivity contribution >= 4 is 5.91 Å². The lowest BCUT2D eigenvalue weighted by atomic mass is 9.46. The summed E-state index contributed by atoms with van der Waals surface area (Å²) in [7, 11) is 0. The Bertz CT molecular complexity index is 1080. The predicted molar refractivity (Wildman–Crippen MR) is 115 cm³/mol. The monoisotopic (exact) mass is 416 g/mol. The smallest absolute Gasteiger partial charge is 0.226 e. The molecule has 31 heavy (non-hydrogen) atoms. The van der Waals surface area contributed by atoms with E-state index in [0.717, 1.165) is 43.4 Å². The number of amides is 1. The molecule has 0 spiro atoms. The van der Waals surface area contributed by atoms with Crippen molar-refractivity contribution < 1.29 is 4.79 Å². The molecule has 3 atom stereocenters. The Morgan fingerprint density at radius 1 is 1.13 bits per heavy atom. The third-order valence-electron chi connectivity index (χ3n) is 7.92. The van der Waals surface area contributed by atoms with E-state index in [1.165, 1.54) is 6.42 Å². The van der Waals surface area contributed by atoms with Gasteiger partial charge in [0.25, 0.3) is 0 Å². The van der Waals surface area contributed by atoms with Crippen LogP contribution < -0.4 is 5.32 Å². The summed E-state index contributed by atoms with van der Waals surface area (Å²) in [6, 6.07) is 9.99. The van der Waals surface area contributed by atoms with Gasteiger partial charge in [-0.3, -0.25) is 4.79 Å². The fourth-order valence-corrected chi connectivity index (χ4v) is 7.10. The summed E-state index contributed by atoms with van der Waals surface area (Å²) in [6.45, 7) is 2.08. The van der Waals surface area contributed by atoms with E-state index in [2.05, 4.69) is 44.2 Å². The molecule has 2 heterocycles. The number of nitrogens with one attached hydrogen (secondary N) is 1. The maximum Gasteiger partial charge on any atom is 0.226 e. The Morgan fingerprint density at radius 3 is 2.65 bits per heavy atom. The molecule has 0 saturated heterocycles. The van der Waals surface area contributed by atoms with Gasteiger partial charge in [-0.15, -0.1) is 0 Å². The summed E-state index contributed by atoms with van der Waals surface area (Å²) in [5.74, 6) is 1.40. The Kier molecular flexibility index (Phi) is 4.10. The quantitative estimate of drug-likeness (QED) is 0.689. The molecule has 4 fully saturated rings. The first-order valence-electron chi connectivity index (χ1n) is 11.3. The fraction of sp³-hybridized carbons (Fsp3) is 0.500. The third-order valence-corrected chi connectivity index (χ3v) is 7.92. The van der Waals surface area contributed by atoms with Crippen LogP contribution in [0.5, 0.6) is 0 Å². The van der Waals surface area contributed by atoms with Crippen LogP contribution in [0.1, 0.15) is 57.1 Å². The molecule has 0 radical (unpaired) electrons. The van der Waals surface area contributed by atoms with Gasteiger partial charge in [-0.05, 0) is 75.0 Å². The molecule has 3 unspecified atom stereocenters. The van der Waals surface area contributed by atoms with Crippen LogP contribution in [-0.2, 0) is 10.3 Å². The van der Waals surface area contributed by atoms with Crippen molar-refractivity contribution in [2.45, 2.75) is 57.0 Å². The lowest BCUT2D eigenvalue weighted by molar-refractivity contribution is -0.156. The van der Waals surface area contributed by atoms with Crippen LogP contribution in [0.4, 0.5) is 0 Å². The number of rotatable bonds is 5. The zero-order valence-corrected chi connectivity index (χ0v) is 17.8. The molecule has 4 saturated carbocycles. The second-order valence-electron chi connectivity index (χ2n) is 10.0. The van der Waals surface area contributed by atoms with Crippen molar-refractivity contribution in [1.82, 2.24) is 29.9 Å². The van der Waals surface area contributed by atoms with E-state index >= 15 is 0 Å². The van der Waals surface area contributed by atoms with Crippen LogP contribution in [-0.4, -0.2) is 30.5 Å². The van der Waals surface area contributed by atoms with Crippen molar-refractivity contribution in [3.05, 3.63) is 60.9 Å². The molecule has 4 aliphatic rings. The van der Waals surface area contributed by atoms with Gasteiger partial charge in [0.05, 0.1) is 22.7 Å². The van der Waals surface area contributed by atoms with E-state index in [1.807, 2.05) is 35.4 Å². The van der Waals surface area contributed by atoms with Gasteiger partial charge >= 0.3 is 0 Å². The van der Waals surface area contributed by atoms with Gasteiger partial charge in [-0.25, -0.2) is 14.3 Å². The highest BCUT2D eigenvalue weighted by Gasteiger charge is 2.61. The maximum atomic E-state index is 13.8. The molecule has 4 bridgehead atoms. The van der Waals surface area contributed by atoms with Gasteiger partial charge in [0.2, 0.25) is 5.91 Å². The van der Waals surface area contributed by atoms with E-state index in [9.17, 15) is 4.79 Å². The minimum atomic E-state index is -0.301. The van der Waals surface area contributed by atoms with E-state index in [0.29, 0.717) is 11.8 Å².